The fraction of sp³-hybridized carbons (Fsp3) is 0.238. The molecule has 1 fully saturated rings. The number of hydrogen-bond acceptors (Lipinski definition) is 4. The lowest BCUT2D eigenvalue weighted by Gasteiger charge is -2.30. The van der Waals surface area contributed by atoms with Crippen LogP contribution >= 0.6 is 11.6 Å². The van der Waals surface area contributed by atoms with Gasteiger partial charge in [0, 0.05) is 41.3 Å². The molecule has 1 saturated heterocycles. The van der Waals surface area contributed by atoms with Gasteiger partial charge in [0.15, 0.2) is 0 Å². The average Bonchev–Trinajstić information content (AvgIpc) is 2.73. The number of aromatic amines is 1. The Balaban J connectivity index is 1.44. The minimum absolute atomic E-state index is 0.135. The SMILES string of the molecule is O=C(Nc1cccc(Cl)c1)C1CCN(S(=O)(=O)c2ccc3[nH]c(=O)ccc3c2)CC1. The minimum Gasteiger partial charge on any atom is -0.326 e. The van der Waals surface area contributed by atoms with Crippen molar-refractivity contribution in [3.8, 4) is 0 Å². The smallest absolute Gasteiger partial charge is 0.248 e. The van der Waals surface area contributed by atoms with E-state index in [1.165, 1.54) is 16.4 Å². The van der Waals surface area contributed by atoms with E-state index >= 15 is 0 Å². The van der Waals surface area contributed by atoms with Crippen molar-refractivity contribution in [1.29, 1.82) is 0 Å². The van der Waals surface area contributed by atoms with Gasteiger partial charge in [-0.3, -0.25) is 9.59 Å². The van der Waals surface area contributed by atoms with E-state index in [2.05, 4.69) is 10.3 Å². The maximum absolute atomic E-state index is 13.0. The summed E-state index contributed by atoms with van der Waals surface area (Å²) >= 11 is 5.94. The van der Waals surface area contributed by atoms with Crippen molar-refractivity contribution >= 4 is 44.1 Å². The standard InChI is InChI=1S/C21H20ClN3O4S/c22-16-2-1-3-17(13-16)23-21(27)14-8-10-25(11-9-14)30(28,29)18-5-6-19-15(12-18)4-7-20(26)24-19/h1-7,12-14H,8-11H2,(H,23,27)(H,24,26). The molecule has 0 saturated carbocycles. The molecule has 7 nitrogen and oxygen atoms in total. The lowest BCUT2D eigenvalue weighted by atomic mass is 9.97. The molecule has 0 bridgehead atoms. The molecule has 156 valence electrons. The van der Waals surface area contributed by atoms with Crippen LogP contribution in [0.15, 0.2) is 64.3 Å². The fourth-order valence-electron chi connectivity index (χ4n) is 3.61. The normalized spacial score (nSPS) is 15.9. The van der Waals surface area contributed by atoms with E-state index in [0.29, 0.717) is 34.5 Å². The maximum Gasteiger partial charge on any atom is 0.248 e. The number of piperidine rings is 1. The summed E-state index contributed by atoms with van der Waals surface area (Å²) in [5.41, 5.74) is 0.964. The number of carbonyl (C=O) groups excluding carboxylic acids is 1. The number of amides is 1. The number of nitrogens with one attached hydrogen (secondary N) is 2. The second-order valence-electron chi connectivity index (χ2n) is 7.25. The first-order chi connectivity index (χ1) is 14.3. The molecule has 2 aromatic carbocycles. The second kappa shape index (κ2) is 8.22. The Morgan fingerprint density at radius 3 is 2.57 bits per heavy atom. The molecule has 1 amide bonds. The van der Waals surface area contributed by atoms with Crippen LogP contribution in [0.5, 0.6) is 0 Å². The van der Waals surface area contributed by atoms with E-state index in [9.17, 15) is 18.0 Å². The number of nitrogens with zero attached hydrogens (tertiary/aromatic N) is 1. The number of pyridine rings is 1. The molecular weight excluding hydrogens is 426 g/mol. The fourth-order valence-corrected chi connectivity index (χ4v) is 5.31. The van der Waals surface area contributed by atoms with Crippen molar-refractivity contribution in [3.05, 3.63) is 70.0 Å². The van der Waals surface area contributed by atoms with E-state index in [1.807, 2.05) is 0 Å². The number of carbonyl (C=O) groups is 1. The van der Waals surface area contributed by atoms with E-state index < -0.39 is 10.0 Å². The van der Waals surface area contributed by atoms with Gasteiger partial charge in [0.05, 0.1) is 4.90 Å². The Morgan fingerprint density at radius 1 is 1.07 bits per heavy atom. The molecule has 0 unspecified atom stereocenters. The van der Waals surface area contributed by atoms with Crippen LogP contribution in [0.1, 0.15) is 12.8 Å². The van der Waals surface area contributed by atoms with Crippen molar-refractivity contribution in [1.82, 2.24) is 9.29 Å². The van der Waals surface area contributed by atoms with E-state index in [1.54, 1.807) is 42.5 Å². The molecule has 0 spiro atoms. The molecule has 2 N–H and O–H groups in total. The van der Waals surface area contributed by atoms with Crippen LogP contribution in [0.3, 0.4) is 0 Å². The highest BCUT2D eigenvalue weighted by Gasteiger charge is 2.32. The molecule has 2 heterocycles. The summed E-state index contributed by atoms with van der Waals surface area (Å²) in [5, 5.41) is 4.02. The van der Waals surface area contributed by atoms with E-state index in [0.717, 1.165) is 0 Å². The lowest BCUT2D eigenvalue weighted by Crippen LogP contribution is -2.41. The molecule has 1 aliphatic rings. The highest BCUT2D eigenvalue weighted by Crippen LogP contribution is 2.26. The molecule has 0 atom stereocenters. The van der Waals surface area contributed by atoms with Crippen LogP contribution in [0.4, 0.5) is 5.69 Å². The summed E-state index contributed by atoms with van der Waals surface area (Å²) in [7, 11) is -3.69. The van der Waals surface area contributed by atoms with Crippen molar-refractivity contribution in [2.75, 3.05) is 18.4 Å². The van der Waals surface area contributed by atoms with Gasteiger partial charge in [-0.15, -0.1) is 0 Å². The first-order valence-electron chi connectivity index (χ1n) is 9.52. The molecule has 0 aliphatic carbocycles. The Kier molecular flexibility index (Phi) is 5.64. The molecule has 1 aromatic heterocycles. The zero-order valence-electron chi connectivity index (χ0n) is 16.0. The topological polar surface area (TPSA) is 99.3 Å². The van der Waals surface area contributed by atoms with Crippen molar-refractivity contribution in [3.63, 3.8) is 0 Å². The average molecular weight is 446 g/mol. The molecule has 9 heteroatoms. The first kappa shape index (κ1) is 20.6. The Morgan fingerprint density at radius 2 is 1.83 bits per heavy atom. The minimum atomic E-state index is -3.69. The first-order valence-corrected chi connectivity index (χ1v) is 11.3. The number of hydrogen-bond donors (Lipinski definition) is 2. The van der Waals surface area contributed by atoms with E-state index in [4.69, 9.17) is 11.6 Å². The summed E-state index contributed by atoms with van der Waals surface area (Å²) in [4.78, 5) is 26.8. The summed E-state index contributed by atoms with van der Waals surface area (Å²) in [6.07, 6.45) is 0.874. The third-order valence-electron chi connectivity index (χ3n) is 5.25. The van der Waals surface area contributed by atoms with Crippen LogP contribution in [0.2, 0.25) is 5.02 Å². The van der Waals surface area contributed by atoms with Gasteiger partial charge in [0.2, 0.25) is 21.5 Å². The maximum atomic E-state index is 13.0. The Hall–Kier alpha value is -2.68. The Labute approximate surface area is 178 Å². The monoisotopic (exact) mass is 445 g/mol. The van der Waals surface area contributed by atoms with Crippen molar-refractivity contribution < 1.29 is 13.2 Å². The zero-order valence-corrected chi connectivity index (χ0v) is 17.5. The molecule has 4 rings (SSSR count). The predicted octanol–water partition coefficient (Wildman–Crippen LogP) is 3.22. The molecule has 3 aromatic rings. The summed E-state index contributed by atoms with van der Waals surface area (Å²) in [6, 6.07) is 14.5. The molecule has 0 radical (unpaired) electrons. The predicted molar refractivity (Wildman–Crippen MR) is 116 cm³/mol. The molecule has 1 aliphatic heterocycles. The van der Waals surface area contributed by atoms with Gasteiger partial charge in [-0.1, -0.05) is 17.7 Å². The third kappa shape index (κ3) is 4.26. The van der Waals surface area contributed by atoms with Crippen LogP contribution in [0, 0.1) is 5.92 Å². The molecular formula is C21H20ClN3O4S. The number of halogens is 1. The highest BCUT2D eigenvalue weighted by molar-refractivity contribution is 7.89. The highest BCUT2D eigenvalue weighted by atomic mass is 35.5. The van der Waals surface area contributed by atoms with Gasteiger partial charge in [0.25, 0.3) is 0 Å². The summed E-state index contributed by atoms with van der Waals surface area (Å²) in [5.74, 6) is -0.402. The summed E-state index contributed by atoms with van der Waals surface area (Å²) in [6.45, 7) is 0.527. The van der Waals surface area contributed by atoms with Gasteiger partial charge in [-0.2, -0.15) is 4.31 Å². The van der Waals surface area contributed by atoms with Crippen LogP contribution < -0.4 is 10.9 Å². The number of sulfonamides is 1. The number of anilines is 1. The lowest BCUT2D eigenvalue weighted by molar-refractivity contribution is -0.120. The number of H-pyrrole nitrogens is 1. The Bertz CT molecular complexity index is 1260. The van der Waals surface area contributed by atoms with Gasteiger partial charge in [0.1, 0.15) is 0 Å². The van der Waals surface area contributed by atoms with Gasteiger partial charge in [-0.25, -0.2) is 8.42 Å². The largest absolute Gasteiger partial charge is 0.326 e. The zero-order chi connectivity index (χ0) is 21.3. The van der Waals surface area contributed by atoms with Gasteiger partial charge in [-0.05, 0) is 60.7 Å². The summed E-state index contributed by atoms with van der Waals surface area (Å²) < 4.78 is 27.5. The van der Waals surface area contributed by atoms with Crippen molar-refractivity contribution in [2.45, 2.75) is 17.7 Å². The second-order valence-corrected chi connectivity index (χ2v) is 9.62. The number of benzene rings is 2. The number of fused-ring (bicyclic) bond motifs is 1. The van der Waals surface area contributed by atoms with Crippen LogP contribution in [0.25, 0.3) is 10.9 Å². The van der Waals surface area contributed by atoms with Crippen molar-refractivity contribution in [2.24, 2.45) is 5.92 Å². The van der Waals surface area contributed by atoms with Crippen LogP contribution in [-0.4, -0.2) is 36.7 Å². The van der Waals surface area contributed by atoms with E-state index in [-0.39, 0.29) is 35.4 Å². The van der Waals surface area contributed by atoms with Gasteiger partial charge >= 0.3 is 0 Å². The number of aromatic nitrogens is 1. The molecule has 30 heavy (non-hydrogen) atoms. The van der Waals surface area contributed by atoms with Gasteiger partial charge < -0.3 is 10.3 Å². The number of rotatable bonds is 4. The van der Waals surface area contributed by atoms with Crippen LogP contribution in [-0.2, 0) is 14.8 Å². The quantitative estimate of drug-likeness (QED) is 0.644. The third-order valence-corrected chi connectivity index (χ3v) is 7.38.